The summed E-state index contributed by atoms with van der Waals surface area (Å²) in [6.45, 7) is 13.2. The second kappa shape index (κ2) is 8.89. The zero-order chi connectivity index (χ0) is 23.3. The molecule has 180 valence electrons. The van der Waals surface area contributed by atoms with Crippen LogP contribution in [-0.4, -0.2) is 73.8 Å². The fourth-order valence-corrected chi connectivity index (χ4v) is 6.33. The number of hydrogen-bond acceptors (Lipinski definition) is 6. The molecule has 3 aliphatic carbocycles. The van der Waals surface area contributed by atoms with Gasteiger partial charge in [-0.15, -0.1) is 0 Å². The molecule has 2 heterocycles. The molecular formula is C23H40BN3O5. The summed E-state index contributed by atoms with van der Waals surface area (Å²) in [6, 6.07) is -0.897. The lowest BCUT2D eigenvalue weighted by Gasteiger charge is -2.64. The molecule has 2 unspecified atom stereocenters. The van der Waals surface area contributed by atoms with Crippen molar-refractivity contribution in [3.63, 3.8) is 0 Å². The first-order chi connectivity index (χ1) is 15.0. The first-order valence-electron chi connectivity index (χ1n) is 12.3. The van der Waals surface area contributed by atoms with Crippen molar-refractivity contribution in [2.75, 3.05) is 26.3 Å². The normalized spacial score (nSPS) is 35.2. The van der Waals surface area contributed by atoms with Crippen molar-refractivity contribution < 1.29 is 23.6 Å². The van der Waals surface area contributed by atoms with Gasteiger partial charge in [0.25, 0.3) is 0 Å². The summed E-state index contributed by atoms with van der Waals surface area (Å²) in [5.74, 6) is 0.756. The molecule has 5 aliphatic rings. The third-order valence-corrected chi connectivity index (χ3v) is 8.45. The minimum atomic E-state index is -0.897. The maximum Gasteiger partial charge on any atom is 0.481 e. The smallest absolute Gasteiger partial charge is 0.404 e. The highest BCUT2D eigenvalue weighted by Crippen LogP contribution is 2.65. The summed E-state index contributed by atoms with van der Waals surface area (Å²) in [6.07, 6.45) is 2.97. The number of nitrogens with two attached hydrogens (primary N) is 1. The average molecular weight is 449 g/mol. The van der Waals surface area contributed by atoms with Crippen LogP contribution in [0, 0.1) is 23.2 Å². The number of carbonyl (C=O) groups is 2. The first-order valence-corrected chi connectivity index (χ1v) is 12.3. The van der Waals surface area contributed by atoms with E-state index in [-0.39, 0.29) is 41.3 Å². The van der Waals surface area contributed by atoms with Gasteiger partial charge in [-0.1, -0.05) is 27.7 Å². The molecule has 5 rings (SSSR count). The van der Waals surface area contributed by atoms with Crippen LogP contribution < -0.4 is 11.1 Å². The SMILES string of the molecule is CC(C)CC(NC(=O)C(N)CC(=O)N1CCOCC1)B1O[C@@H]2C[C@@H]3C[C@@H](C3(C)C)[C@]2(C)O1. The van der Waals surface area contributed by atoms with Gasteiger partial charge < -0.3 is 30.0 Å². The number of hydrogen-bond donors (Lipinski definition) is 2. The standard InChI is InChI=1S/C23H40BN3O5/c1-14(2)10-19(26-21(29)16(25)13-20(28)27-6-8-30-9-7-27)24-31-18-12-15-11-17(22(15,3)4)23(18,5)32-24/h14-19H,6-13,25H2,1-5H3,(H,26,29)/t15-,16?,17-,18+,19?,23-/m0/s1. The molecule has 2 saturated heterocycles. The Labute approximate surface area is 192 Å². The Hall–Kier alpha value is -1.16. The van der Waals surface area contributed by atoms with Crippen LogP contribution >= 0.6 is 0 Å². The second-order valence-corrected chi connectivity index (χ2v) is 11.4. The van der Waals surface area contributed by atoms with Crippen LogP contribution in [-0.2, 0) is 23.6 Å². The molecule has 0 aromatic carbocycles. The Morgan fingerprint density at radius 1 is 1.19 bits per heavy atom. The highest BCUT2D eigenvalue weighted by molar-refractivity contribution is 6.47. The van der Waals surface area contributed by atoms with E-state index >= 15 is 0 Å². The molecule has 0 aromatic heterocycles. The van der Waals surface area contributed by atoms with Gasteiger partial charge in [0.1, 0.15) is 0 Å². The fourth-order valence-electron chi connectivity index (χ4n) is 6.33. The molecule has 3 N–H and O–H groups in total. The van der Waals surface area contributed by atoms with Gasteiger partial charge in [0.05, 0.1) is 43.3 Å². The Balaban J connectivity index is 1.38. The second-order valence-electron chi connectivity index (χ2n) is 11.4. The molecule has 5 fully saturated rings. The van der Waals surface area contributed by atoms with Crippen LogP contribution in [0.15, 0.2) is 0 Å². The molecule has 0 aromatic rings. The summed E-state index contributed by atoms with van der Waals surface area (Å²) in [7, 11) is -0.492. The van der Waals surface area contributed by atoms with Gasteiger partial charge in [0.15, 0.2) is 0 Å². The van der Waals surface area contributed by atoms with Crippen molar-refractivity contribution in [3.8, 4) is 0 Å². The predicted molar refractivity (Wildman–Crippen MR) is 121 cm³/mol. The van der Waals surface area contributed by atoms with Crippen LogP contribution in [0.1, 0.15) is 60.3 Å². The minimum absolute atomic E-state index is 0.00903. The van der Waals surface area contributed by atoms with Gasteiger partial charge in [-0.3, -0.25) is 9.59 Å². The van der Waals surface area contributed by atoms with Gasteiger partial charge in [0.2, 0.25) is 11.8 Å². The van der Waals surface area contributed by atoms with E-state index in [9.17, 15) is 9.59 Å². The lowest BCUT2D eigenvalue weighted by molar-refractivity contribution is -0.199. The van der Waals surface area contributed by atoms with Crippen molar-refractivity contribution in [1.29, 1.82) is 0 Å². The van der Waals surface area contributed by atoms with Crippen molar-refractivity contribution in [3.05, 3.63) is 0 Å². The quantitative estimate of drug-likeness (QED) is 0.569. The summed E-state index contributed by atoms with van der Waals surface area (Å²) < 4.78 is 18.3. The van der Waals surface area contributed by atoms with Crippen molar-refractivity contribution in [2.24, 2.45) is 28.9 Å². The zero-order valence-electron chi connectivity index (χ0n) is 20.3. The van der Waals surface area contributed by atoms with Crippen LogP contribution in [0.3, 0.4) is 0 Å². The highest BCUT2D eigenvalue weighted by atomic mass is 16.7. The number of ether oxygens (including phenoxy) is 1. The molecule has 0 spiro atoms. The van der Waals surface area contributed by atoms with E-state index in [2.05, 4.69) is 39.9 Å². The van der Waals surface area contributed by atoms with E-state index in [1.165, 1.54) is 6.42 Å². The topological polar surface area (TPSA) is 103 Å². The van der Waals surface area contributed by atoms with Crippen molar-refractivity contribution >= 4 is 18.9 Å². The van der Waals surface area contributed by atoms with E-state index < -0.39 is 13.2 Å². The van der Waals surface area contributed by atoms with Crippen LogP contribution in [0.4, 0.5) is 0 Å². The molecule has 2 amide bonds. The van der Waals surface area contributed by atoms with Gasteiger partial charge in [-0.2, -0.15) is 0 Å². The van der Waals surface area contributed by atoms with E-state index in [1.54, 1.807) is 4.90 Å². The lowest BCUT2D eigenvalue weighted by Crippen LogP contribution is -2.65. The van der Waals surface area contributed by atoms with Gasteiger partial charge in [-0.05, 0) is 49.4 Å². The minimum Gasteiger partial charge on any atom is -0.404 e. The number of amides is 2. The van der Waals surface area contributed by atoms with Gasteiger partial charge >= 0.3 is 7.12 Å². The number of carbonyl (C=O) groups excluding carboxylic acids is 2. The van der Waals surface area contributed by atoms with Crippen molar-refractivity contribution in [2.45, 2.75) is 84.0 Å². The summed E-state index contributed by atoms with van der Waals surface area (Å²) >= 11 is 0. The molecule has 32 heavy (non-hydrogen) atoms. The van der Waals surface area contributed by atoms with Gasteiger partial charge in [0, 0.05) is 13.1 Å². The first kappa shape index (κ1) is 24.0. The molecular weight excluding hydrogens is 409 g/mol. The lowest BCUT2D eigenvalue weighted by atomic mass is 9.43. The molecule has 9 heteroatoms. The monoisotopic (exact) mass is 449 g/mol. The van der Waals surface area contributed by atoms with E-state index in [0.29, 0.717) is 44.1 Å². The van der Waals surface area contributed by atoms with E-state index in [4.69, 9.17) is 19.8 Å². The van der Waals surface area contributed by atoms with Crippen LogP contribution in [0.2, 0.25) is 0 Å². The third-order valence-electron chi connectivity index (χ3n) is 8.45. The Bertz CT molecular complexity index is 728. The molecule has 3 saturated carbocycles. The molecule has 2 bridgehead atoms. The number of rotatable bonds is 7. The van der Waals surface area contributed by atoms with Crippen LogP contribution in [0.25, 0.3) is 0 Å². The fraction of sp³-hybridized carbons (Fsp3) is 0.913. The highest BCUT2D eigenvalue weighted by Gasteiger charge is 2.68. The van der Waals surface area contributed by atoms with Gasteiger partial charge in [-0.25, -0.2) is 0 Å². The van der Waals surface area contributed by atoms with Crippen LogP contribution in [0.5, 0.6) is 0 Å². The largest absolute Gasteiger partial charge is 0.481 e. The van der Waals surface area contributed by atoms with E-state index in [0.717, 1.165) is 12.8 Å². The third kappa shape index (κ3) is 4.33. The summed E-state index contributed by atoms with van der Waals surface area (Å²) in [4.78, 5) is 27.2. The summed E-state index contributed by atoms with van der Waals surface area (Å²) in [5, 5.41) is 3.07. The number of nitrogens with zero attached hydrogens (tertiary/aromatic N) is 1. The van der Waals surface area contributed by atoms with Crippen molar-refractivity contribution in [1.82, 2.24) is 10.2 Å². The maximum atomic E-state index is 12.9. The number of morpholine rings is 1. The Morgan fingerprint density at radius 3 is 2.50 bits per heavy atom. The Morgan fingerprint density at radius 2 is 1.88 bits per heavy atom. The van der Waals surface area contributed by atoms with E-state index in [1.807, 2.05) is 0 Å². The Kier molecular flexibility index (Phi) is 6.66. The molecule has 2 aliphatic heterocycles. The zero-order valence-corrected chi connectivity index (χ0v) is 20.3. The molecule has 0 radical (unpaired) electrons. The molecule has 6 atom stereocenters. The number of nitrogens with one attached hydrogen (secondary N) is 1. The maximum absolute atomic E-state index is 12.9. The average Bonchev–Trinajstić information content (AvgIpc) is 3.10. The summed E-state index contributed by atoms with van der Waals surface area (Å²) in [5.41, 5.74) is 6.08. The molecule has 8 nitrogen and oxygen atoms in total. The predicted octanol–water partition coefficient (Wildman–Crippen LogP) is 1.36.